The lowest BCUT2D eigenvalue weighted by Gasteiger charge is -2.27. The Morgan fingerprint density at radius 2 is 0.538 bits per heavy atom. The van der Waals surface area contributed by atoms with Crippen molar-refractivity contribution < 1.29 is 0 Å². The third-order valence-corrected chi connectivity index (χ3v) is 11.7. The van der Waals surface area contributed by atoms with Gasteiger partial charge in [-0.05, 0) is 161 Å². The Labute approximate surface area is 318 Å². The van der Waals surface area contributed by atoms with Gasteiger partial charge in [0.15, 0.2) is 7.58 Å². The molecule has 266 valence electrons. The van der Waals surface area contributed by atoms with Crippen LogP contribution in [0.3, 0.4) is 0 Å². The van der Waals surface area contributed by atoms with Crippen molar-refractivity contribution >= 4 is 30.2 Å². The highest BCUT2D eigenvalue weighted by molar-refractivity contribution is 7.86. The molecule has 0 heterocycles. The molecular weight excluding hydrogens is 671 g/mol. The van der Waals surface area contributed by atoms with Crippen molar-refractivity contribution in [2.45, 2.75) is 83.1 Å². The summed E-state index contributed by atoms with van der Waals surface area (Å²) >= 11 is 7.65. The molecule has 0 spiro atoms. The summed E-state index contributed by atoms with van der Waals surface area (Å²) in [6.07, 6.45) is 0. The molecule has 2 N–H and O–H groups in total. The molecule has 6 aromatic carbocycles. The van der Waals surface area contributed by atoms with E-state index in [0.29, 0.717) is 0 Å². The number of hydrogen-bond acceptors (Lipinski definition) is 2. The van der Waals surface area contributed by atoms with Crippen LogP contribution in [0.1, 0.15) is 66.8 Å². The Bertz CT molecular complexity index is 1940. The molecule has 6 aromatic rings. The van der Waals surface area contributed by atoms with E-state index in [2.05, 4.69) is 178 Å². The van der Waals surface area contributed by atoms with Gasteiger partial charge in [0.2, 0.25) is 0 Å². The number of nitrogens with one attached hydrogen (secondary N) is 2. The summed E-state index contributed by atoms with van der Waals surface area (Å²) in [5.41, 5.74) is 26.8. The van der Waals surface area contributed by atoms with Crippen LogP contribution in [0.4, 0.5) is 11.4 Å². The van der Waals surface area contributed by atoms with Gasteiger partial charge in [0, 0.05) is 22.3 Å². The maximum atomic E-state index is 7.65. The van der Waals surface area contributed by atoms with Crippen molar-refractivity contribution in [3.05, 3.63) is 152 Å². The first kappa shape index (κ1) is 37.4. The third-order valence-electron chi connectivity index (χ3n) is 10.3. The third kappa shape index (κ3) is 7.30. The standard InChI is InChI=1S/C48H52ClN2P/c1-27-19-31(5)43(32(6)20-27)39-15-13-16-40(44-33(7)21-28(2)22-34(44)8)47(39)50-52(49)51-48-41(45-35(9)23-29(3)24-36(45)10)17-14-18-42(48)46-37(11)25-30(4)26-38(46)12/h13-26,50-51H,1-12H3. The fraction of sp³-hybridized carbons (Fsp3) is 0.250. The Balaban J connectivity index is 1.57. The molecule has 6 rings (SSSR count). The number of benzene rings is 6. The highest BCUT2D eigenvalue weighted by Gasteiger charge is 2.24. The molecule has 2 nitrogen and oxygen atoms in total. The van der Waals surface area contributed by atoms with Crippen molar-refractivity contribution in [2.75, 3.05) is 10.2 Å². The number of halogens is 1. The van der Waals surface area contributed by atoms with Crippen LogP contribution in [0.2, 0.25) is 0 Å². The van der Waals surface area contributed by atoms with Crippen LogP contribution in [0.5, 0.6) is 0 Å². The minimum Gasteiger partial charge on any atom is -0.334 e. The van der Waals surface area contributed by atoms with Crippen LogP contribution in [0, 0.1) is 83.1 Å². The molecule has 0 radical (unpaired) electrons. The van der Waals surface area contributed by atoms with Gasteiger partial charge in [-0.1, -0.05) is 107 Å². The van der Waals surface area contributed by atoms with Gasteiger partial charge in [-0.15, -0.1) is 0 Å². The van der Waals surface area contributed by atoms with E-state index in [4.69, 9.17) is 11.2 Å². The number of para-hydroxylation sites is 2. The summed E-state index contributed by atoms with van der Waals surface area (Å²) in [6, 6.07) is 31.6. The zero-order valence-electron chi connectivity index (χ0n) is 32.9. The normalized spacial score (nSPS) is 11.3. The Hall–Kier alpha value is -4.36. The average molecular weight is 723 g/mol. The molecule has 0 aliphatic heterocycles. The summed E-state index contributed by atoms with van der Waals surface area (Å²) in [7, 11) is -1.49. The topological polar surface area (TPSA) is 24.1 Å². The first-order valence-electron chi connectivity index (χ1n) is 18.2. The molecule has 0 aliphatic carbocycles. The molecule has 0 fully saturated rings. The molecule has 4 heteroatoms. The van der Waals surface area contributed by atoms with E-state index in [-0.39, 0.29) is 0 Å². The van der Waals surface area contributed by atoms with E-state index in [1.165, 1.54) is 89.0 Å². The Kier molecular flexibility index (Phi) is 10.7. The second-order valence-electron chi connectivity index (χ2n) is 15.1. The summed E-state index contributed by atoms with van der Waals surface area (Å²) < 4.78 is 0. The van der Waals surface area contributed by atoms with Crippen LogP contribution < -0.4 is 10.2 Å². The van der Waals surface area contributed by atoms with Gasteiger partial charge in [0.1, 0.15) is 0 Å². The van der Waals surface area contributed by atoms with E-state index in [1.807, 2.05) is 0 Å². The lowest BCUT2D eigenvalue weighted by Crippen LogP contribution is -2.05. The smallest absolute Gasteiger partial charge is 0.192 e. The van der Waals surface area contributed by atoms with Crippen molar-refractivity contribution in [1.82, 2.24) is 0 Å². The second-order valence-corrected chi connectivity index (χ2v) is 17.1. The molecule has 0 bridgehead atoms. The largest absolute Gasteiger partial charge is 0.334 e. The summed E-state index contributed by atoms with van der Waals surface area (Å²) in [5.74, 6) is 0. The van der Waals surface area contributed by atoms with Crippen LogP contribution in [-0.2, 0) is 0 Å². The zero-order chi connectivity index (χ0) is 37.6. The van der Waals surface area contributed by atoms with Crippen LogP contribution in [0.25, 0.3) is 44.5 Å². The molecule has 52 heavy (non-hydrogen) atoms. The Morgan fingerprint density at radius 1 is 0.346 bits per heavy atom. The lowest BCUT2D eigenvalue weighted by molar-refractivity contribution is 1.31. The summed E-state index contributed by atoms with van der Waals surface area (Å²) in [4.78, 5) is 0. The van der Waals surface area contributed by atoms with Crippen LogP contribution >= 0.6 is 18.8 Å². The molecule has 0 aliphatic rings. The molecule has 0 aromatic heterocycles. The first-order chi connectivity index (χ1) is 24.6. The van der Waals surface area contributed by atoms with Gasteiger partial charge in [-0.3, -0.25) is 0 Å². The SMILES string of the molecule is Cc1cc(C)c(-c2cccc(-c3c(C)cc(C)cc3C)c2NP(Cl)Nc2c(-c3c(C)cc(C)cc3C)cccc2-c2c(C)cc(C)cc2C)c(C)c1. The maximum absolute atomic E-state index is 7.65. The number of aryl methyl sites for hydroxylation is 12. The van der Waals surface area contributed by atoms with Gasteiger partial charge in [0.25, 0.3) is 0 Å². The minimum atomic E-state index is -1.49. The summed E-state index contributed by atoms with van der Waals surface area (Å²) in [5, 5.41) is 7.83. The monoisotopic (exact) mass is 722 g/mol. The maximum Gasteiger partial charge on any atom is 0.192 e. The first-order valence-corrected chi connectivity index (χ1v) is 20.5. The van der Waals surface area contributed by atoms with Gasteiger partial charge >= 0.3 is 0 Å². The quantitative estimate of drug-likeness (QED) is 0.153. The van der Waals surface area contributed by atoms with E-state index < -0.39 is 7.58 Å². The Morgan fingerprint density at radius 3 is 0.731 bits per heavy atom. The highest BCUT2D eigenvalue weighted by Crippen LogP contribution is 2.53. The summed E-state index contributed by atoms with van der Waals surface area (Å²) in [6.45, 7) is 26.4. The van der Waals surface area contributed by atoms with Crippen LogP contribution in [-0.4, -0.2) is 0 Å². The van der Waals surface area contributed by atoms with Crippen molar-refractivity contribution in [2.24, 2.45) is 0 Å². The molecule has 0 unspecified atom stereocenters. The molecular formula is C48H52ClN2P. The predicted octanol–water partition coefficient (Wildman–Crippen LogP) is 15.0. The van der Waals surface area contributed by atoms with E-state index in [1.54, 1.807) is 0 Å². The predicted molar refractivity (Wildman–Crippen MR) is 231 cm³/mol. The average Bonchev–Trinajstić information content (AvgIpc) is 3.01. The number of anilines is 2. The number of hydrogen-bond donors (Lipinski definition) is 2. The van der Waals surface area contributed by atoms with Gasteiger partial charge in [-0.25, -0.2) is 0 Å². The second kappa shape index (κ2) is 14.9. The zero-order valence-corrected chi connectivity index (χ0v) is 34.6. The van der Waals surface area contributed by atoms with E-state index in [0.717, 1.165) is 33.6 Å². The molecule has 0 atom stereocenters. The fourth-order valence-electron chi connectivity index (χ4n) is 8.82. The van der Waals surface area contributed by atoms with E-state index >= 15 is 0 Å². The molecule has 0 amide bonds. The molecule has 0 saturated heterocycles. The van der Waals surface area contributed by atoms with E-state index in [9.17, 15) is 0 Å². The van der Waals surface area contributed by atoms with Crippen LogP contribution in [0.15, 0.2) is 84.9 Å². The highest BCUT2D eigenvalue weighted by atomic mass is 35.7. The fourth-order valence-corrected chi connectivity index (χ4v) is 10.3. The van der Waals surface area contributed by atoms with Crippen molar-refractivity contribution in [3.63, 3.8) is 0 Å². The van der Waals surface area contributed by atoms with Gasteiger partial charge in [-0.2, -0.15) is 0 Å². The van der Waals surface area contributed by atoms with Crippen molar-refractivity contribution in [3.8, 4) is 44.5 Å². The lowest BCUT2D eigenvalue weighted by atomic mass is 9.87. The van der Waals surface area contributed by atoms with Crippen molar-refractivity contribution in [1.29, 1.82) is 0 Å². The van der Waals surface area contributed by atoms with Gasteiger partial charge in [0.05, 0.1) is 11.4 Å². The number of rotatable bonds is 8. The minimum absolute atomic E-state index is 1.05. The van der Waals surface area contributed by atoms with Gasteiger partial charge < -0.3 is 10.2 Å². The molecule has 0 saturated carbocycles.